The highest BCUT2D eigenvalue weighted by atomic mass is 35.5. The monoisotopic (exact) mass is 386 g/mol. The summed E-state index contributed by atoms with van der Waals surface area (Å²) in [5, 5.41) is 9.95. The standard InChI is InChI=1S/C21H22N2OS.ClH/c24-21(23-11-15-8-9-16-12-22-13-18(16)10-15)7-3-4-17-14-25-20-6-2-1-5-19(17)20;/h1-2,5-6,8-10,14,22H,3-4,7,11-13H2,(H,23,24);1H. The molecule has 0 saturated carbocycles. The maximum Gasteiger partial charge on any atom is 0.220 e. The maximum absolute atomic E-state index is 12.1. The molecule has 1 aliphatic rings. The molecule has 1 aromatic heterocycles. The Labute approximate surface area is 164 Å². The van der Waals surface area contributed by atoms with Gasteiger partial charge in [0.2, 0.25) is 5.91 Å². The lowest BCUT2D eigenvalue weighted by atomic mass is 10.1. The second-order valence-electron chi connectivity index (χ2n) is 6.59. The molecule has 0 spiro atoms. The lowest BCUT2D eigenvalue weighted by Crippen LogP contribution is -2.22. The van der Waals surface area contributed by atoms with Crippen LogP contribution in [0.3, 0.4) is 0 Å². The number of carbonyl (C=O) groups is 1. The lowest BCUT2D eigenvalue weighted by Gasteiger charge is -2.07. The molecule has 0 unspecified atom stereocenters. The molecule has 2 aromatic carbocycles. The number of benzene rings is 2. The van der Waals surface area contributed by atoms with E-state index < -0.39 is 0 Å². The van der Waals surface area contributed by atoms with E-state index in [1.54, 1.807) is 11.3 Å². The van der Waals surface area contributed by atoms with Gasteiger partial charge in [-0.05, 0) is 51.9 Å². The highest BCUT2D eigenvalue weighted by Gasteiger charge is 2.10. The number of hydrogen-bond acceptors (Lipinski definition) is 3. The van der Waals surface area contributed by atoms with Crippen molar-refractivity contribution in [3.8, 4) is 0 Å². The van der Waals surface area contributed by atoms with Crippen LogP contribution in [-0.4, -0.2) is 5.91 Å². The average Bonchev–Trinajstić information content (AvgIpc) is 3.26. The summed E-state index contributed by atoms with van der Waals surface area (Å²) in [5.74, 6) is 0.137. The van der Waals surface area contributed by atoms with E-state index >= 15 is 0 Å². The van der Waals surface area contributed by atoms with Gasteiger partial charge in [0.25, 0.3) is 0 Å². The molecule has 136 valence electrons. The van der Waals surface area contributed by atoms with Crippen LogP contribution in [0.1, 0.15) is 35.1 Å². The van der Waals surface area contributed by atoms with Crippen LogP contribution in [0.5, 0.6) is 0 Å². The summed E-state index contributed by atoms with van der Waals surface area (Å²) < 4.78 is 1.33. The molecule has 2 heterocycles. The molecule has 0 bridgehead atoms. The van der Waals surface area contributed by atoms with Crippen molar-refractivity contribution in [2.24, 2.45) is 0 Å². The molecular weight excluding hydrogens is 364 g/mol. The Morgan fingerprint density at radius 3 is 2.88 bits per heavy atom. The van der Waals surface area contributed by atoms with Crippen LogP contribution in [0.25, 0.3) is 10.1 Å². The second-order valence-corrected chi connectivity index (χ2v) is 7.51. The van der Waals surface area contributed by atoms with Gasteiger partial charge in [0, 0.05) is 30.8 Å². The van der Waals surface area contributed by atoms with E-state index in [2.05, 4.69) is 58.5 Å². The quantitative estimate of drug-likeness (QED) is 0.651. The average molecular weight is 387 g/mol. The predicted molar refractivity (Wildman–Crippen MR) is 111 cm³/mol. The zero-order valence-electron chi connectivity index (χ0n) is 14.6. The number of hydrogen-bond donors (Lipinski definition) is 2. The molecule has 0 saturated heterocycles. The predicted octanol–water partition coefficient (Wildman–Crippen LogP) is 4.57. The third-order valence-corrected chi connectivity index (χ3v) is 5.81. The maximum atomic E-state index is 12.1. The molecule has 1 aliphatic heterocycles. The van der Waals surface area contributed by atoms with Crippen molar-refractivity contribution >= 4 is 39.7 Å². The van der Waals surface area contributed by atoms with Gasteiger partial charge in [-0.3, -0.25) is 4.79 Å². The zero-order valence-corrected chi connectivity index (χ0v) is 16.2. The Morgan fingerprint density at radius 2 is 1.96 bits per heavy atom. The molecule has 1 amide bonds. The third kappa shape index (κ3) is 4.26. The molecule has 4 rings (SSSR count). The number of aryl methyl sites for hydroxylation is 1. The summed E-state index contributed by atoms with van der Waals surface area (Å²) in [4.78, 5) is 12.1. The minimum Gasteiger partial charge on any atom is -0.352 e. The fourth-order valence-corrected chi connectivity index (χ4v) is 4.41. The van der Waals surface area contributed by atoms with E-state index in [4.69, 9.17) is 0 Å². The summed E-state index contributed by atoms with van der Waals surface area (Å²) in [5.41, 5.74) is 5.27. The van der Waals surface area contributed by atoms with Crippen molar-refractivity contribution in [2.45, 2.75) is 38.9 Å². The van der Waals surface area contributed by atoms with Crippen LogP contribution in [0.4, 0.5) is 0 Å². The zero-order chi connectivity index (χ0) is 17.1. The summed E-state index contributed by atoms with van der Waals surface area (Å²) in [7, 11) is 0. The van der Waals surface area contributed by atoms with Crippen LogP contribution >= 0.6 is 23.7 Å². The second kappa shape index (κ2) is 8.67. The van der Waals surface area contributed by atoms with Gasteiger partial charge in [0.05, 0.1) is 0 Å². The number of carbonyl (C=O) groups excluding carboxylic acids is 1. The van der Waals surface area contributed by atoms with Gasteiger partial charge in [0.1, 0.15) is 0 Å². The number of halogens is 1. The summed E-state index contributed by atoms with van der Waals surface area (Å²) >= 11 is 1.78. The van der Waals surface area contributed by atoms with Gasteiger partial charge < -0.3 is 10.6 Å². The molecule has 0 aliphatic carbocycles. The van der Waals surface area contributed by atoms with Gasteiger partial charge in [-0.1, -0.05) is 36.4 Å². The molecule has 2 N–H and O–H groups in total. The largest absolute Gasteiger partial charge is 0.352 e. The lowest BCUT2D eigenvalue weighted by molar-refractivity contribution is -0.121. The van der Waals surface area contributed by atoms with Crippen molar-refractivity contribution in [1.29, 1.82) is 0 Å². The van der Waals surface area contributed by atoms with Gasteiger partial charge in [-0.2, -0.15) is 0 Å². The van der Waals surface area contributed by atoms with Crippen LogP contribution in [-0.2, 0) is 30.8 Å². The fraction of sp³-hybridized carbons (Fsp3) is 0.286. The highest BCUT2D eigenvalue weighted by Crippen LogP contribution is 2.26. The first-order chi connectivity index (χ1) is 12.3. The summed E-state index contributed by atoms with van der Waals surface area (Å²) in [6.07, 6.45) is 2.43. The SMILES string of the molecule is Cl.O=C(CCCc1csc2ccccc12)NCc1ccc2c(c1)CNC2. The number of amides is 1. The smallest absolute Gasteiger partial charge is 0.220 e. The summed E-state index contributed by atoms with van der Waals surface area (Å²) in [6.45, 7) is 2.51. The number of thiophene rings is 1. The van der Waals surface area contributed by atoms with Crippen LogP contribution in [0.15, 0.2) is 47.8 Å². The van der Waals surface area contributed by atoms with E-state index in [1.807, 2.05) is 0 Å². The van der Waals surface area contributed by atoms with Crippen molar-refractivity contribution in [3.05, 3.63) is 70.1 Å². The minimum atomic E-state index is 0. The van der Waals surface area contributed by atoms with E-state index in [0.717, 1.165) is 25.9 Å². The van der Waals surface area contributed by atoms with Crippen LogP contribution in [0.2, 0.25) is 0 Å². The molecule has 26 heavy (non-hydrogen) atoms. The normalized spacial score (nSPS) is 12.6. The first-order valence-corrected chi connectivity index (χ1v) is 9.71. The minimum absolute atomic E-state index is 0. The van der Waals surface area contributed by atoms with E-state index in [1.165, 1.54) is 32.3 Å². The van der Waals surface area contributed by atoms with Crippen molar-refractivity contribution in [2.75, 3.05) is 0 Å². The highest BCUT2D eigenvalue weighted by molar-refractivity contribution is 7.17. The molecule has 5 heteroatoms. The van der Waals surface area contributed by atoms with Gasteiger partial charge in [-0.25, -0.2) is 0 Å². The van der Waals surface area contributed by atoms with E-state index in [9.17, 15) is 4.79 Å². The Bertz CT molecular complexity index is 906. The summed E-state index contributed by atoms with van der Waals surface area (Å²) in [6, 6.07) is 15.0. The third-order valence-electron chi connectivity index (χ3n) is 4.80. The molecule has 3 nitrogen and oxygen atoms in total. The van der Waals surface area contributed by atoms with Crippen molar-refractivity contribution < 1.29 is 4.79 Å². The van der Waals surface area contributed by atoms with E-state index in [-0.39, 0.29) is 18.3 Å². The number of fused-ring (bicyclic) bond motifs is 2. The van der Waals surface area contributed by atoms with E-state index in [0.29, 0.717) is 13.0 Å². The van der Waals surface area contributed by atoms with Gasteiger partial charge in [0.15, 0.2) is 0 Å². The Balaban J connectivity index is 0.00000196. The fourth-order valence-electron chi connectivity index (χ4n) is 3.41. The molecule has 0 fully saturated rings. The number of rotatable bonds is 6. The molecule has 0 radical (unpaired) electrons. The van der Waals surface area contributed by atoms with Crippen LogP contribution in [0, 0.1) is 0 Å². The Kier molecular flexibility index (Phi) is 6.30. The topological polar surface area (TPSA) is 41.1 Å². The van der Waals surface area contributed by atoms with Crippen LogP contribution < -0.4 is 10.6 Å². The van der Waals surface area contributed by atoms with Gasteiger partial charge in [-0.15, -0.1) is 23.7 Å². The molecule has 3 aromatic rings. The van der Waals surface area contributed by atoms with Crippen molar-refractivity contribution in [3.63, 3.8) is 0 Å². The Morgan fingerprint density at radius 1 is 1.12 bits per heavy atom. The van der Waals surface area contributed by atoms with Gasteiger partial charge >= 0.3 is 0 Å². The van der Waals surface area contributed by atoms with Crippen molar-refractivity contribution in [1.82, 2.24) is 10.6 Å². The Hall–Kier alpha value is -1.88. The number of nitrogens with one attached hydrogen (secondary N) is 2. The molecular formula is C21H23ClN2OS. The first-order valence-electron chi connectivity index (χ1n) is 8.83. The molecule has 0 atom stereocenters. The first kappa shape index (κ1) is 18.9.